The van der Waals surface area contributed by atoms with Gasteiger partial charge >= 0.3 is 0 Å². The zero-order chi connectivity index (χ0) is 12.5. The molecule has 2 N–H and O–H groups in total. The Balaban J connectivity index is 2.09. The van der Waals surface area contributed by atoms with Gasteiger partial charge < -0.3 is 4.74 Å². The number of hydrogen-bond acceptors (Lipinski definition) is 4. The van der Waals surface area contributed by atoms with Crippen molar-refractivity contribution in [2.75, 3.05) is 32.8 Å². The van der Waals surface area contributed by atoms with E-state index in [1.807, 2.05) is 11.8 Å². The highest BCUT2D eigenvalue weighted by Gasteiger charge is 2.14. The first kappa shape index (κ1) is 13.9. The van der Waals surface area contributed by atoms with Crippen molar-refractivity contribution in [3.05, 3.63) is 0 Å². The summed E-state index contributed by atoms with van der Waals surface area (Å²) in [5.41, 5.74) is 4.83. The van der Waals surface area contributed by atoms with Gasteiger partial charge in [0.25, 0.3) is 5.91 Å². The third kappa shape index (κ3) is 6.23. The first-order valence-corrected chi connectivity index (χ1v) is 6.10. The molecule has 1 aliphatic rings. The first-order valence-electron chi connectivity index (χ1n) is 6.10. The lowest BCUT2D eigenvalue weighted by Gasteiger charge is -2.25. The summed E-state index contributed by atoms with van der Waals surface area (Å²) < 4.78 is 5.18. The molecule has 0 aromatic carbocycles. The number of unbranched alkanes of at least 4 members (excludes halogenated alkanes) is 1. The minimum atomic E-state index is -0.184. The quantitative estimate of drug-likeness (QED) is 0.648. The second kappa shape index (κ2) is 8.03. The van der Waals surface area contributed by atoms with Crippen LogP contribution in [-0.4, -0.2) is 49.6 Å². The van der Waals surface area contributed by atoms with Crippen molar-refractivity contribution in [3.8, 4) is 0 Å². The molecule has 0 radical (unpaired) electrons. The molecule has 0 bridgehead atoms. The fourth-order valence-corrected chi connectivity index (χ4v) is 1.54. The molecular weight excluding hydrogens is 222 g/mol. The van der Waals surface area contributed by atoms with Gasteiger partial charge in [-0.15, -0.1) is 0 Å². The van der Waals surface area contributed by atoms with E-state index in [4.69, 9.17) is 4.74 Å². The molecule has 1 saturated heterocycles. The van der Waals surface area contributed by atoms with Gasteiger partial charge in [-0.05, 0) is 6.42 Å². The van der Waals surface area contributed by atoms with E-state index in [2.05, 4.69) is 10.9 Å². The molecule has 1 aliphatic heterocycles. The number of ether oxygens (including phenoxy) is 1. The number of carbonyl (C=O) groups excluding carboxylic acids is 2. The second-order valence-electron chi connectivity index (χ2n) is 4.09. The molecule has 0 saturated carbocycles. The van der Waals surface area contributed by atoms with Crippen LogP contribution in [0.1, 0.15) is 26.2 Å². The fourth-order valence-electron chi connectivity index (χ4n) is 1.54. The predicted octanol–water partition coefficient (Wildman–Crippen LogP) is -0.344. The van der Waals surface area contributed by atoms with Crippen LogP contribution in [0.4, 0.5) is 0 Å². The van der Waals surface area contributed by atoms with E-state index >= 15 is 0 Å². The van der Waals surface area contributed by atoms with E-state index in [0.717, 1.165) is 25.9 Å². The summed E-state index contributed by atoms with van der Waals surface area (Å²) in [6.45, 7) is 5.17. The van der Waals surface area contributed by atoms with E-state index in [-0.39, 0.29) is 11.8 Å². The second-order valence-corrected chi connectivity index (χ2v) is 4.09. The fraction of sp³-hybridized carbons (Fsp3) is 0.818. The number of morpholine rings is 1. The molecule has 1 rings (SSSR count). The van der Waals surface area contributed by atoms with Crippen LogP contribution in [0, 0.1) is 0 Å². The molecule has 0 aliphatic carbocycles. The Bertz CT molecular complexity index is 252. The maximum absolute atomic E-state index is 11.5. The number of nitrogens with zero attached hydrogens (tertiary/aromatic N) is 1. The highest BCUT2D eigenvalue weighted by atomic mass is 16.5. The number of hydrogen-bond donors (Lipinski definition) is 2. The minimum absolute atomic E-state index is 0.137. The number of hydrazine groups is 1. The predicted molar refractivity (Wildman–Crippen MR) is 63.1 cm³/mol. The number of rotatable bonds is 5. The minimum Gasteiger partial charge on any atom is -0.379 e. The molecule has 6 nitrogen and oxygen atoms in total. The Morgan fingerprint density at radius 3 is 2.47 bits per heavy atom. The Hall–Kier alpha value is -1.14. The summed E-state index contributed by atoms with van der Waals surface area (Å²) in [4.78, 5) is 24.7. The largest absolute Gasteiger partial charge is 0.379 e. The normalized spacial score (nSPS) is 16.5. The lowest BCUT2D eigenvalue weighted by Crippen LogP contribution is -2.48. The van der Waals surface area contributed by atoms with Crippen LogP contribution in [0.15, 0.2) is 0 Å². The summed E-state index contributed by atoms with van der Waals surface area (Å²) in [7, 11) is 0. The molecule has 1 heterocycles. The van der Waals surface area contributed by atoms with E-state index in [1.54, 1.807) is 0 Å². The van der Waals surface area contributed by atoms with Crippen molar-refractivity contribution in [2.45, 2.75) is 26.2 Å². The van der Waals surface area contributed by atoms with Gasteiger partial charge in [-0.2, -0.15) is 0 Å². The molecule has 17 heavy (non-hydrogen) atoms. The average Bonchev–Trinajstić information content (AvgIpc) is 2.35. The van der Waals surface area contributed by atoms with E-state index in [1.165, 1.54) is 0 Å². The Labute approximate surface area is 102 Å². The summed E-state index contributed by atoms with van der Waals surface area (Å²) >= 11 is 0. The lowest BCUT2D eigenvalue weighted by molar-refractivity contribution is -0.130. The molecule has 6 heteroatoms. The number of amides is 2. The van der Waals surface area contributed by atoms with Gasteiger partial charge in [-0.1, -0.05) is 13.3 Å². The van der Waals surface area contributed by atoms with E-state index < -0.39 is 0 Å². The van der Waals surface area contributed by atoms with Gasteiger partial charge in [-0.25, -0.2) is 0 Å². The van der Waals surface area contributed by atoms with Crippen LogP contribution in [0.2, 0.25) is 0 Å². The van der Waals surface area contributed by atoms with E-state index in [0.29, 0.717) is 26.2 Å². The SMILES string of the molecule is CCCCC(=O)NNC(=O)CN1CCOCC1. The maximum atomic E-state index is 11.5. The third-order valence-corrected chi connectivity index (χ3v) is 2.57. The summed E-state index contributed by atoms with van der Waals surface area (Å²) in [6.07, 6.45) is 2.26. The van der Waals surface area contributed by atoms with Gasteiger partial charge in [-0.3, -0.25) is 25.3 Å². The zero-order valence-corrected chi connectivity index (χ0v) is 10.3. The standard InChI is InChI=1S/C11H21N3O3/c1-2-3-4-10(15)12-13-11(16)9-14-5-7-17-8-6-14/h2-9H2,1H3,(H,12,15)(H,13,16). The van der Waals surface area contributed by atoms with Crippen molar-refractivity contribution >= 4 is 11.8 Å². The Morgan fingerprint density at radius 1 is 1.18 bits per heavy atom. The van der Waals surface area contributed by atoms with Crippen LogP contribution in [0.3, 0.4) is 0 Å². The van der Waals surface area contributed by atoms with Gasteiger partial charge in [0.1, 0.15) is 0 Å². The van der Waals surface area contributed by atoms with Crippen molar-refractivity contribution in [2.24, 2.45) is 0 Å². The molecule has 0 aromatic heterocycles. The summed E-state index contributed by atoms with van der Waals surface area (Å²) in [5.74, 6) is -0.320. The third-order valence-electron chi connectivity index (χ3n) is 2.57. The molecular formula is C11H21N3O3. The van der Waals surface area contributed by atoms with Crippen LogP contribution >= 0.6 is 0 Å². The molecule has 98 valence electrons. The maximum Gasteiger partial charge on any atom is 0.252 e. The van der Waals surface area contributed by atoms with Crippen LogP contribution in [0.5, 0.6) is 0 Å². The highest BCUT2D eigenvalue weighted by Crippen LogP contribution is 1.95. The molecule has 0 aromatic rings. The van der Waals surface area contributed by atoms with Gasteiger partial charge in [0.2, 0.25) is 5.91 Å². The summed E-state index contributed by atoms with van der Waals surface area (Å²) in [5, 5.41) is 0. The van der Waals surface area contributed by atoms with Crippen LogP contribution < -0.4 is 10.9 Å². The average molecular weight is 243 g/mol. The van der Waals surface area contributed by atoms with Crippen molar-refractivity contribution in [3.63, 3.8) is 0 Å². The number of carbonyl (C=O) groups is 2. The first-order chi connectivity index (χ1) is 8.22. The van der Waals surface area contributed by atoms with Gasteiger partial charge in [0.15, 0.2) is 0 Å². The van der Waals surface area contributed by atoms with E-state index in [9.17, 15) is 9.59 Å². The zero-order valence-electron chi connectivity index (χ0n) is 10.3. The van der Waals surface area contributed by atoms with Gasteiger partial charge in [0.05, 0.1) is 19.8 Å². The van der Waals surface area contributed by atoms with Crippen LogP contribution in [0.25, 0.3) is 0 Å². The molecule has 0 spiro atoms. The Morgan fingerprint density at radius 2 is 1.82 bits per heavy atom. The van der Waals surface area contributed by atoms with Gasteiger partial charge in [0, 0.05) is 19.5 Å². The summed E-state index contributed by atoms with van der Waals surface area (Å²) in [6, 6.07) is 0. The van der Waals surface area contributed by atoms with Crippen molar-refractivity contribution in [1.29, 1.82) is 0 Å². The monoisotopic (exact) mass is 243 g/mol. The smallest absolute Gasteiger partial charge is 0.252 e. The Kier molecular flexibility index (Phi) is 6.57. The van der Waals surface area contributed by atoms with Crippen LogP contribution in [-0.2, 0) is 14.3 Å². The highest BCUT2D eigenvalue weighted by molar-refractivity contribution is 5.82. The number of nitrogens with one attached hydrogen (secondary N) is 2. The lowest BCUT2D eigenvalue weighted by atomic mass is 10.2. The molecule has 0 atom stereocenters. The molecule has 2 amide bonds. The van der Waals surface area contributed by atoms with Crippen molar-refractivity contribution < 1.29 is 14.3 Å². The molecule has 1 fully saturated rings. The molecule has 0 unspecified atom stereocenters. The topological polar surface area (TPSA) is 70.7 Å². The van der Waals surface area contributed by atoms with Crippen molar-refractivity contribution in [1.82, 2.24) is 15.8 Å².